The Morgan fingerprint density at radius 3 is 2.25 bits per heavy atom. The highest BCUT2D eigenvalue weighted by molar-refractivity contribution is 7.90. The molecule has 288 valence electrons. The molecule has 1 heterocycles. The summed E-state index contributed by atoms with van der Waals surface area (Å²) in [5, 5.41) is 2.90. The van der Waals surface area contributed by atoms with Crippen LogP contribution >= 0.6 is 0 Å². The molecular formula is C39H54N6O6S2. The molecule has 1 aliphatic heterocycles. The number of benzene rings is 3. The van der Waals surface area contributed by atoms with Crippen LogP contribution in [0.1, 0.15) is 77.7 Å². The Balaban J connectivity index is 1.73. The van der Waals surface area contributed by atoms with Gasteiger partial charge in [0.25, 0.3) is 15.9 Å². The second-order valence-electron chi connectivity index (χ2n) is 13.0. The van der Waals surface area contributed by atoms with E-state index in [9.17, 15) is 21.6 Å². The first-order valence-electron chi connectivity index (χ1n) is 18.5. The summed E-state index contributed by atoms with van der Waals surface area (Å²) in [5.74, 6) is -0.00580. The lowest BCUT2D eigenvalue weighted by atomic mass is 10.1. The number of hydrogen-bond donors (Lipinski definition) is 2. The third-order valence-corrected chi connectivity index (χ3v) is 11.4. The number of likely N-dealkylation sites (N-methyl/N-ethyl adjacent to an activating group) is 1. The number of aryl methyl sites for hydroxylation is 1. The average Bonchev–Trinajstić information content (AvgIpc) is 3.12. The van der Waals surface area contributed by atoms with E-state index in [1.54, 1.807) is 48.5 Å². The van der Waals surface area contributed by atoms with Gasteiger partial charge in [0.1, 0.15) is 10.6 Å². The Bertz CT molecular complexity index is 1960. The maximum Gasteiger partial charge on any atom is 0.278 e. The van der Waals surface area contributed by atoms with E-state index >= 15 is 0 Å². The van der Waals surface area contributed by atoms with Crippen LogP contribution in [0.3, 0.4) is 0 Å². The zero-order valence-corrected chi connectivity index (χ0v) is 33.2. The number of amides is 1. The Labute approximate surface area is 315 Å². The molecule has 3 aromatic rings. The number of para-hydroxylation sites is 1. The topological polar surface area (TPSA) is 150 Å². The number of anilines is 2. The number of nitrogens with one attached hydrogen (secondary N) is 2. The van der Waals surface area contributed by atoms with E-state index < -0.39 is 26.0 Å². The molecule has 2 N–H and O–H groups in total. The third-order valence-electron chi connectivity index (χ3n) is 8.87. The summed E-state index contributed by atoms with van der Waals surface area (Å²) in [6, 6.07) is 19.0. The maximum atomic E-state index is 14.3. The van der Waals surface area contributed by atoms with Crippen LogP contribution in [0.4, 0.5) is 22.7 Å². The fourth-order valence-corrected chi connectivity index (χ4v) is 8.12. The Hall–Kier alpha value is -4.27. The molecular weight excluding hydrogens is 713 g/mol. The van der Waals surface area contributed by atoms with Crippen LogP contribution in [0.25, 0.3) is 0 Å². The second kappa shape index (κ2) is 19.7. The van der Waals surface area contributed by atoms with Crippen LogP contribution in [0, 0.1) is 6.92 Å². The molecule has 12 nitrogen and oxygen atoms in total. The highest BCUT2D eigenvalue weighted by Crippen LogP contribution is 2.34. The van der Waals surface area contributed by atoms with Gasteiger partial charge in [-0.25, -0.2) is 35.8 Å². The zero-order chi connectivity index (χ0) is 38.4. The van der Waals surface area contributed by atoms with Crippen LogP contribution in [0.2, 0.25) is 0 Å². The number of sulfonamides is 2. The SMILES string of the molecule is CCCCCCCCCCN1C(C(=Nc2ccc(N(CC)CCNS(C)(=O)=O)cc2C)C(=O)Nc2ccc(OCC)cc2)=Nc2ccccc2S1(=O)=O. The smallest absolute Gasteiger partial charge is 0.278 e. The predicted octanol–water partition coefficient (Wildman–Crippen LogP) is 7.36. The van der Waals surface area contributed by atoms with E-state index in [1.165, 1.54) is 29.6 Å². The van der Waals surface area contributed by atoms with Gasteiger partial charge in [-0.1, -0.05) is 64.0 Å². The quantitative estimate of drug-likeness (QED) is 0.0850. The van der Waals surface area contributed by atoms with Crippen molar-refractivity contribution in [1.29, 1.82) is 0 Å². The maximum absolute atomic E-state index is 14.3. The molecule has 0 aliphatic carbocycles. The van der Waals surface area contributed by atoms with Crippen molar-refractivity contribution in [2.24, 2.45) is 9.98 Å². The van der Waals surface area contributed by atoms with Crippen molar-refractivity contribution in [3.63, 3.8) is 0 Å². The molecule has 1 amide bonds. The van der Waals surface area contributed by atoms with Gasteiger partial charge < -0.3 is 15.0 Å². The first-order valence-corrected chi connectivity index (χ1v) is 21.8. The summed E-state index contributed by atoms with van der Waals surface area (Å²) in [5.41, 5.74) is 2.62. The van der Waals surface area contributed by atoms with Gasteiger partial charge in [-0.3, -0.25) is 4.79 Å². The minimum atomic E-state index is -4.07. The number of hydrogen-bond acceptors (Lipinski definition) is 9. The average molecular weight is 767 g/mol. The zero-order valence-electron chi connectivity index (χ0n) is 31.6. The summed E-state index contributed by atoms with van der Waals surface area (Å²) in [4.78, 5) is 26.1. The normalized spacial score (nSPS) is 14.0. The first-order chi connectivity index (χ1) is 25.4. The minimum Gasteiger partial charge on any atom is -0.494 e. The lowest BCUT2D eigenvalue weighted by molar-refractivity contribution is -0.110. The van der Waals surface area contributed by atoms with Crippen molar-refractivity contribution in [3.05, 3.63) is 72.3 Å². The first kappa shape index (κ1) is 41.5. The molecule has 0 radical (unpaired) electrons. The molecule has 0 fully saturated rings. The standard InChI is InChI=1S/C39H54N6O6S2/c1-6-9-10-11-12-13-14-17-27-45-38(43-35-18-15-16-19-36(35)53(45,49)50)37(39(46)41-31-20-23-33(24-21-31)51-8-3)42-34-25-22-32(29-30(34)4)44(7-2)28-26-40-52(5,47)48/h15-16,18-25,29,40H,6-14,17,26-28H2,1-5H3,(H,41,46). The van der Waals surface area contributed by atoms with Crippen LogP contribution in [-0.2, 0) is 24.8 Å². The fraction of sp³-hybridized carbons (Fsp3) is 0.462. The second-order valence-corrected chi connectivity index (χ2v) is 16.7. The highest BCUT2D eigenvalue weighted by Gasteiger charge is 2.38. The van der Waals surface area contributed by atoms with Crippen LogP contribution in [-0.4, -0.2) is 77.6 Å². The van der Waals surface area contributed by atoms with Gasteiger partial charge in [-0.2, -0.15) is 0 Å². The molecule has 0 saturated heterocycles. The van der Waals surface area contributed by atoms with E-state index in [2.05, 4.69) is 17.0 Å². The summed E-state index contributed by atoms with van der Waals surface area (Å²) in [7, 11) is -7.40. The molecule has 14 heteroatoms. The molecule has 0 atom stereocenters. The summed E-state index contributed by atoms with van der Waals surface area (Å²) in [6.45, 7) is 9.88. The molecule has 0 bridgehead atoms. The number of carbonyl (C=O) groups excluding carboxylic acids is 1. The van der Waals surface area contributed by atoms with Crippen molar-refractivity contribution in [3.8, 4) is 5.75 Å². The van der Waals surface area contributed by atoms with Gasteiger partial charge in [0.2, 0.25) is 10.0 Å². The molecule has 3 aromatic carbocycles. The number of carbonyl (C=O) groups is 1. The lowest BCUT2D eigenvalue weighted by Crippen LogP contribution is -2.47. The van der Waals surface area contributed by atoms with Gasteiger partial charge in [0.05, 0.1) is 24.2 Å². The third kappa shape index (κ3) is 11.9. The predicted molar refractivity (Wildman–Crippen MR) is 215 cm³/mol. The van der Waals surface area contributed by atoms with Gasteiger partial charge in [-0.15, -0.1) is 0 Å². The van der Waals surface area contributed by atoms with Gasteiger partial charge >= 0.3 is 0 Å². The summed E-state index contributed by atoms with van der Waals surface area (Å²) in [6.07, 6.45) is 9.39. The van der Waals surface area contributed by atoms with Crippen LogP contribution in [0.15, 0.2) is 81.6 Å². The van der Waals surface area contributed by atoms with E-state index in [-0.39, 0.29) is 35.2 Å². The van der Waals surface area contributed by atoms with Crippen molar-refractivity contribution >= 4 is 60.3 Å². The van der Waals surface area contributed by atoms with E-state index in [0.717, 1.165) is 43.2 Å². The van der Waals surface area contributed by atoms with E-state index in [0.29, 0.717) is 43.2 Å². The number of aliphatic imine (C=N–C) groups is 2. The van der Waals surface area contributed by atoms with Crippen molar-refractivity contribution in [2.45, 2.75) is 84.0 Å². The van der Waals surface area contributed by atoms with E-state index in [1.807, 2.05) is 37.8 Å². The van der Waals surface area contributed by atoms with Crippen molar-refractivity contribution in [2.75, 3.05) is 49.3 Å². The van der Waals surface area contributed by atoms with Gasteiger partial charge in [-0.05, 0) is 87.4 Å². The van der Waals surface area contributed by atoms with Gasteiger partial charge in [0, 0.05) is 37.6 Å². The number of rotatable bonds is 21. The Morgan fingerprint density at radius 2 is 1.60 bits per heavy atom. The van der Waals surface area contributed by atoms with Gasteiger partial charge in [0.15, 0.2) is 11.5 Å². The minimum absolute atomic E-state index is 0.0411. The molecule has 0 unspecified atom stereocenters. The number of amidine groups is 1. The monoisotopic (exact) mass is 766 g/mol. The van der Waals surface area contributed by atoms with Crippen molar-refractivity contribution < 1.29 is 26.4 Å². The summed E-state index contributed by atoms with van der Waals surface area (Å²) < 4.78 is 61.1. The highest BCUT2D eigenvalue weighted by atomic mass is 32.2. The fourth-order valence-electron chi connectivity index (χ4n) is 6.07. The molecule has 4 rings (SSSR count). The van der Waals surface area contributed by atoms with E-state index in [4.69, 9.17) is 14.7 Å². The number of fused-ring (bicyclic) bond motifs is 1. The van der Waals surface area contributed by atoms with Crippen molar-refractivity contribution in [1.82, 2.24) is 9.03 Å². The van der Waals surface area contributed by atoms with Crippen LogP contribution in [0.5, 0.6) is 5.75 Å². The van der Waals surface area contributed by atoms with Crippen LogP contribution < -0.4 is 19.7 Å². The molecule has 1 aliphatic rings. The molecule has 0 saturated carbocycles. The number of unbranched alkanes of at least 4 members (excludes halogenated alkanes) is 7. The molecule has 0 aromatic heterocycles. The number of nitrogens with zero attached hydrogens (tertiary/aromatic N) is 4. The molecule has 53 heavy (non-hydrogen) atoms. The Morgan fingerprint density at radius 1 is 0.925 bits per heavy atom. The summed E-state index contributed by atoms with van der Waals surface area (Å²) >= 11 is 0. The molecule has 0 spiro atoms. The number of ether oxygens (including phenoxy) is 1. The Kier molecular flexibility index (Phi) is 15.4. The lowest BCUT2D eigenvalue weighted by Gasteiger charge is -2.30. The largest absolute Gasteiger partial charge is 0.494 e.